The molecule has 0 rings (SSSR count). The zero-order valence-corrected chi connectivity index (χ0v) is 10.9. The first-order valence-corrected chi connectivity index (χ1v) is 5.73. The Hall–Kier alpha value is -1.19. The van der Waals surface area contributed by atoms with Gasteiger partial charge in [-0.1, -0.05) is 0 Å². The molecule has 6 N–H and O–H groups in total. The van der Waals surface area contributed by atoms with Crippen molar-refractivity contribution in [2.45, 2.75) is 25.1 Å². The van der Waals surface area contributed by atoms with Crippen molar-refractivity contribution < 1.29 is 23.9 Å². The quantitative estimate of drug-likeness (QED) is 0.215. The van der Waals surface area contributed by atoms with Crippen molar-refractivity contribution in [1.29, 1.82) is 0 Å². The highest BCUT2D eigenvalue weighted by molar-refractivity contribution is 6.00. The summed E-state index contributed by atoms with van der Waals surface area (Å²) in [6.45, 7) is 2.09. The van der Waals surface area contributed by atoms with Gasteiger partial charge >= 0.3 is 0 Å². The minimum Gasteiger partial charge on any atom is -0.378 e. The highest BCUT2D eigenvalue weighted by atomic mass is 16.5. The molecule has 0 aliphatic carbocycles. The molecular formula is C11H20N3O5. The number of hydrogen-bond donors (Lipinski definition) is 3. The third-order valence-corrected chi connectivity index (χ3v) is 2.30. The van der Waals surface area contributed by atoms with E-state index in [9.17, 15) is 14.4 Å². The predicted octanol–water partition coefficient (Wildman–Crippen LogP) is -2.38. The van der Waals surface area contributed by atoms with E-state index in [1.165, 1.54) is 6.29 Å². The fraction of sp³-hybridized carbons (Fsp3) is 0.727. The van der Waals surface area contributed by atoms with Crippen molar-refractivity contribution in [2.75, 3.05) is 26.4 Å². The van der Waals surface area contributed by atoms with Gasteiger partial charge in [0.05, 0.1) is 19.8 Å². The second-order valence-corrected chi connectivity index (χ2v) is 4.01. The van der Waals surface area contributed by atoms with Crippen LogP contribution in [0.4, 0.5) is 0 Å². The molecule has 0 aromatic rings. The molecule has 0 saturated carbocycles. The number of ketones is 2. The molecule has 0 fully saturated rings. The van der Waals surface area contributed by atoms with Crippen LogP contribution in [0.1, 0.15) is 13.3 Å². The highest BCUT2D eigenvalue weighted by Crippen LogP contribution is 2.05. The Kier molecular flexibility index (Phi) is 8.28. The fourth-order valence-electron chi connectivity index (χ4n) is 1.11. The number of nitrogens with two attached hydrogens (primary N) is 3. The van der Waals surface area contributed by atoms with Gasteiger partial charge in [0.15, 0.2) is 17.7 Å². The van der Waals surface area contributed by atoms with Gasteiger partial charge in [0.1, 0.15) is 5.66 Å². The van der Waals surface area contributed by atoms with Crippen LogP contribution in [0.5, 0.6) is 0 Å². The smallest absolute Gasteiger partial charge is 0.237 e. The van der Waals surface area contributed by atoms with Gasteiger partial charge in [-0.3, -0.25) is 14.4 Å². The Bertz CT molecular complexity index is 319. The molecule has 8 heteroatoms. The monoisotopic (exact) mass is 274 g/mol. The number of carbonyl (C=O) groups excluding carboxylic acids is 3. The van der Waals surface area contributed by atoms with Crippen LogP contribution < -0.4 is 17.2 Å². The number of Topliss-reactive ketones (excluding diaryl/α,β-unsaturated/α-hetero) is 2. The maximum absolute atomic E-state index is 11.7. The Balaban J connectivity index is 4.18. The van der Waals surface area contributed by atoms with E-state index >= 15 is 0 Å². The predicted molar refractivity (Wildman–Crippen MR) is 66.7 cm³/mol. The summed E-state index contributed by atoms with van der Waals surface area (Å²) in [5.41, 5.74) is 14.3. The molecule has 0 saturated heterocycles. The van der Waals surface area contributed by atoms with Crippen molar-refractivity contribution in [2.24, 2.45) is 17.2 Å². The van der Waals surface area contributed by atoms with E-state index in [2.05, 4.69) is 0 Å². The van der Waals surface area contributed by atoms with E-state index in [1.807, 2.05) is 0 Å². The molecule has 0 aliphatic heterocycles. The van der Waals surface area contributed by atoms with Gasteiger partial charge in [-0.25, -0.2) is 0 Å². The number of ether oxygens (including phenoxy) is 2. The average molecular weight is 274 g/mol. The molecule has 0 bridgehead atoms. The lowest BCUT2D eigenvalue weighted by atomic mass is 9.98. The summed E-state index contributed by atoms with van der Waals surface area (Å²) >= 11 is 0. The largest absolute Gasteiger partial charge is 0.378 e. The van der Waals surface area contributed by atoms with Crippen molar-refractivity contribution >= 4 is 17.9 Å². The van der Waals surface area contributed by atoms with Crippen LogP contribution in [-0.2, 0) is 23.9 Å². The summed E-state index contributed by atoms with van der Waals surface area (Å²) in [4.78, 5) is 33.3. The zero-order chi connectivity index (χ0) is 14.9. The first-order valence-electron chi connectivity index (χ1n) is 5.73. The van der Waals surface area contributed by atoms with Crippen LogP contribution in [0, 0.1) is 0 Å². The third kappa shape index (κ3) is 7.09. The molecule has 0 aliphatic rings. The average Bonchev–Trinajstić information content (AvgIpc) is 2.32. The molecule has 0 heterocycles. The van der Waals surface area contributed by atoms with E-state index in [1.54, 1.807) is 0 Å². The summed E-state index contributed by atoms with van der Waals surface area (Å²) in [5.74, 6) is -1.26. The van der Waals surface area contributed by atoms with Gasteiger partial charge in [-0.05, 0) is 6.92 Å². The van der Waals surface area contributed by atoms with E-state index in [0.717, 1.165) is 6.92 Å². The molecule has 19 heavy (non-hydrogen) atoms. The second-order valence-electron chi connectivity index (χ2n) is 4.01. The van der Waals surface area contributed by atoms with Crippen LogP contribution in [0.15, 0.2) is 0 Å². The molecule has 1 radical (unpaired) electrons. The van der Waals surface area contributed by atoms with E-state index in [4.69, 9.17) is 26.7 Å². The number of carbonyl (C=O) groups is 2. The Morgan fingerprint density at radius 2 is 1.89 bits per heavy atom. The summed E-state index contributed by atoms with van der Waals surface area (Å²) in [6, 6.07) is 0. The molecule has 1 unspecified atom stereocenters. The van der Waals surface area contributed by atoms with Crippen LogP contribution in [0.25, 0.3) is 0 Å². The summed E-state index contributed by atoms with van der Waals surface area (Å²) in [5, 5.41) is 0. The summed E-state index contributed by atoms with van der Waals surface area (Å²) < 4.78 is 9.97. The van der Waals surface area contributed by atoms with E-state index in [0.29, 0.717) is 13.2 Å². The fourth-order valence-corrected chi connectivity index (χ4v) is 1.11. The van der Waals surface area contributed by atoms with Gasteiger partial charge < -0.3 is 26.7 Å². The molecule has 0 amide bonds. The Morgan fingerprint density at radius 1 is 1.26 bits per heavy atom. The van der Waals surface area contributed by atoms with Crippen molar-refractivity contribution in [3.63, 3.8) is 0 Å². The van der Waals surface area contributed by atoms with Crippen LogP contribution >= 0.6 is 0 Å². The standard InChI is InChI=1S/C11H20N3O5/c1-8(16)11(13,14)6-9(17)10(7-15)19-5-4-18-3-2-12/h10H,2-6,12-14H2,1H3. The molecule has 109 valence electrons. The molecule has 0 aromatic carbocycles. The summed E-state index contributed by atoms with van der Waals surface area (Å²) in [7, 11) is 0. The minimum absolute atomic E-state index is 0.0217. The highest BCUT2D eigenvalue weighted by Gasteiger charge is 2.32. The third-order valence-electron chi connectivity index (χ3n) is 2.30. The van der Waals surface area contributed by atoms with Gasteiger partial charge in [-0.15, -0.1) is 0 Å². The second kappa shape index (κ2) is 8.83. The first kappa shape index (κ1) is 17.8. The molecule has 0 spiro atoms. The number of rotatable bonds is 11. The van der Waals surface area contributed by atoms with Gasteiger partial charge in [0.2, 0.25) is 6.29 Å². The van der Waals surface area contributed by atoms with Crippen LogP contribution in [0.3, 0.4) is 0 Å². The topological polar surface area (TPSA) is 148 Å². The van der Waals surface area contributed by atoms with Crippen LogP contribution in [0.2, 0.25) is 0 Å². The zero-order valence-electron chi connectivity index (χ0n) is 10.9. The van der Waals surface area contributed by atoms with Gasteiger partial charge in [0, 0.05) is 13.0 Å². The summed E-state index contributed by atoms with van der Waals surface area (Å²) in [6.07, 6.45) is -0.488. The lowest BCUT2D eigenvalue weighted by Gasteiger charge is -2.21. The Morgan fingerprint density at radius 3 is 2.37 bits per heavy atom. The molecular weight excluding hydrogens is 254 g/mol. The SMILES string of the molecule is CC(=O)C(N)(N)CC(=O)C([C]=O)OCCOCCN. The molecule has 8 nitrogen and oxygen atoms in total. The number of hydrogen-bond acceptors (Lipinski definition) is 8. The maximum atomic E-state index is 11.7. The lowest BCUT2D eigenvalue weighted by molar-refractivity contribution is -0.132. The van der Waals surface area contributed by atoms with Gasteiger partial charge in [0.25, 0.3) is 0 Å². The lowest BCUT2D eigenvalue weighted by Crippen LogP contribution is -2.57. The van der Waals surface area contributed by atoms with Crippen molar-refractivity contribution in [1.82, 2.24) is 0 Å². The Labute approximate surface area is 111 Å². The van der Waals surface area contributed by atoms with Crippen molar-refractivity contribution in [3.8, 4) is 0 Å². The van der Waals surface area contributed by atoms with Crippen molar-refractivity contribution in [3.05, 3.63) is 0 Å². The first-order chi connectivity index (χ1) is 8.85. The minimum atomic E-state index is -1.80. The molecule has 1 atom stereocenters. The van der Waals surface area contributed by atoms with E-state index in [-0.39, 0.29) is 13.2 Å². The van der Waals surface area contributed by atoms with E-state index < -0.39 is 29.8 Å². The van der Waals surface area contributed by atoms with Crippen LogP contribution in [-0.4, -0.2) is 56.0 Å². The normalized spacial score (nSPS) is 13.1. The molecule has 0 aromatic heterocycles. The maximum Gasteiger partial charge on any atom is 0.237 e. The van der Waals surface area contributed by atoms with Gasteiger partial charge in [-0.2, -0.15) is 0 Å².